The third kappa shape index (κ3) is 3.94. The van der Waals surface area contributed by atoms with Crippen molar-refractivity contribution in [2.45, 2.75) is 19.3 Å². The van der Waals surface area contributed by atoms with Gasteiger partial charge >= 0.3 is 0 Å². The number of hydrogen-bond donors (Lipinski definition) is 2. The first-order valence-electron chi connectivity index (χ1n) is 8.28. The number of carbonyl (C=O) groups is 1. The first-order valence-corrected chi connectivity index (χ1v) is 8.28. The predicted molar refractivity (Wildman–Crippen MR) is 99.4 cm³/mol. The lowest BCUT2D eigenvalue weighted by Crippen LogP contribution is -2.12. The summed E-state index contributed by atoms with van der Waals surface area (Å²) in [6.45, 7) is 0. The minimum atomic E-state index is -0.0357. The molecule has 1 amide bonds. The Morgan fingerprint density at radius 3 is 2.76 bits per heavy atom. The van der Waals surface area contributed by atoms with Crippen molar-refractivity contribution < 1.29 is 14.3 Å². The van der Waals surface area contributed by atoms with Crippen LogP contribution >= 0.6 is 0 Å². The van der Waals surface area contributed by atoms with E-state index >= 15 is 0 Å². The van der Waals surface area contributed by atoms with Gasteiger partial charge in [0.25, 0.3) is 0 Å². The smallest absolute Gasteiger partial charge is 0.224 e. The summed E-state index contributed by atoms with van der Waals surface area (Å²) in [5.74, 6) is 1.26. The molecule has 0 aliphatic heterocycles. The average Bonchev–Trinajstić information content (AvgIpc) is 3.05. The van der Waals surface area contributed by atoms with Crippen molar-refractivity contribution in [1.82, 2.24) is 4.98 Å². The Balaban J connectivity index is 1.58. The summed E-state index contributed by atoms with van der Waals surface area (Å²) in [5.41, 5.74) is 2.99. The van der Waals surface area contributed by atoms with Crippen LogP contribution in [0.15, 0.2) is 48.7 Å². The molecule has 0 aliphatic carbocycles. The second-order valence-electron chi connectivity index (χ2n) is 5.83. The zero-order chi connectivity index (χ0) is 17.6. The van der Waals surface area contributed by atoms with Crippen LogP contribution in [0.2, 0.25) is 0 Å². The van der Waals surface area contributed by atoms with Gasteiger partial charge < -0.3 is 19.8 Å². The number of amides is 1. The fourth-order valence-electron chi connectivity index (χ4n) is 2.90. The maximum absolute atomic E-state index is 12.3. The van der Waals surface area contributed by atoms with Crippen molar-refractivity contribution >= 4 is 22.5 Å². The van der Waals surface area contributed by atoms with Crippen LogP contribution in [-0.2, 0) is 11.2 Å². The van der Waals surface area contributed by atoms with E-state index in [1.807, 2.05) is 18.3 Å². The van der Waals surface area contributed by atoms with E-state index < -0.39 is 0 Å². The summed E-state index contributed by atoms with van der Waals surface area (Å²) in [5, 5.41) is 4.12. The van der Waals surface area contributed by atoms with E-state index in [2.05, 4.69) is 22.4 Å². The van der Waals surface area contributed by atoms with Crippen molar-refractivity contribution in [1.29, 1.82) is 0 Å². The second-order valence-corrected chi connectivity index (χ2v) is 5.83. The van der Waals surface area contributed by atoms with Gasteiger partial charge in [-0.15, -0.1) is 0 Å². The van der Waals surface area contributed by atoms with Crippen LogP contribution in [0.1, 0.15) is 18.4 Å². The molecule has 0 saturated heterocycles. The number of para-hydroxylation sites is 1. The highest BCUT2D eigenvalue weighted by molar-refractivity contribution is 5.92. The van der Waals surface area contributed by atoms with Crippen LogP contribution in [-0.4, -0.2) is 25.1 Å². The summed E-state index contributed by atoms with van der Waals surface area (Å²) in [4.78, 5) is 15.5. The van der Waals surface area contributed by atoms with Crippen molar-refractivity contribution in [3.05, 3.63) is 54.2 Å². The molecule has 3 rings (SSSR count). The van der Waals surface area contributed by atoms with Gasteiger partial charge in [-0.1, -0.05) is 18.2 Å². The van der Waals surface area contributed by atoms with Crippen molar-refractivity contribution in [3.63, 3.8) is 0 Å². The number of benzene rings is 2. The number of fused-ring (bicyclic) bond motifs is 1. The highest BCUT2D eigenvalue weighted by atomic mass is 16.5. The van der Waals surface area contributed by atoms with Gasteiger partial charge in [-0.3, -0.25) is 4.79 Å². The molecule has 5 nitrogen and oxygen atoms in total. The maximum atomic E-state index is 12.3. The first-order chi connectivity index (χ1) is 12.2. The van der Waals surface area contributed by atoms with E-state index in [1.54, 1.807) is 32.4 Å². The number of aryl methyl sites for hydroxylation is 1. The number of aromatic nitrogens is 1. The van der Waals surface area contributed by atoms with Gasteiger partial charge in [0, 0.05) is 29.6 Å². The summed E-state index contributed by atoms with van der Waals surface area (Å²) < 4.78 is 10.5. The Morgan fingerprint density at radius 2 is 1.96 bits per heavy atom. The summed E-state index contributed by atoms with van der Waals surface area (Å²) >= 11 is 0. The Bertz CT molecular complexity index is 870. The van der Waals surface area contributed by atoms with E-state index in [0.717, 1.165) is 18.4 Å². The molecule has 1 heterocycles. The van der Waals surface area contributed by atoms with Gasteiger partial charge in [-0.05, 0) is 36.6 Å². The third-order valence-corrected chi connectivity index (χ3v) is 4.21. The molecule has 0 fully saturated rings. The number of ether oxygens (including phenoxy) is 2. The van der Waals surface area contributed by atoms with Gasteiger partial charge in [0.05, 0.1) is 19.9 Å². The Labute approximate surface area is 147 Å². The molecule has 2 N–H and O–H groups in total. The number of aromatic amines is 1. The molecule has 0 unspecified atom stereocenters. The molecule has 130 valence electrons. The van der Waals surface area contributed by atoms with Crippen LogP contribution in [0.25, 0.3) is 10.9 Å². The molecular weight excluding hydrogens is 316 g/mol. The SMILES string of the molecule is COc1ccc(OC)c(NC(=O)CCCc2c[nH]c3ccccc23)c1. The van der Waals surface area contributed by atoms with Crippen LogP contribution < -0.4 is 14.8 Å². The molecular formula is C20H22N2O3. The van der Waals surface area contributed by atoms with Gasteiger partial charge in [-0.25, -0.2) is 0 Å². The molecule has 0 aliphatic rings. The topological polar surface area (TPSA) is 63.4 Å². The van der Waals surface area contributed by atoms with Gasteiger partial charge in [0.15, 0.2) is 0 Å². The van der Waals surface area contributed by atoms with Crippen LogP contribution in [0.5, 0.6) is 11.5 Å². The van der Waals surface area contributed by atoms with Gasteiger partial charge in [0.1, 0.15) is 11.5 Å². The summed E-state index contributed by atoms with van der Waals surface area (Å²) in [6.07, 6.45) is 4.10. The molecule has 2 aromatic carbocycles. The maximum Gasteiger partial charge on any atom is 0.224 e. The van der Waals surface area contributed by atoms with Crippen LogP contribution in [0.3, 0.4) is 0 Å². The quantitative estimate of drug-likeness (QED) is 0.680. The minimum Gasteiger partial charge on any atom is -0.497 e. The number of carbonyl (C=O) groups excluding carboxylic acids is 1. The molecule has 0 saturated carbocycles. The molecule has 0 spiro atoms. The largest absolute Gasteiger partial charge is 0.497 e. The number of H-pyrrole nitrogens is 1. The Morgan fingerprint density at radius 1 is 1.12 bits per heavy atom. The average molecular weight is 338 g/mol. The number of rotatable bonds is 7. The molecule has 1 aromatic heterocycles. The number of anilines is 1. The Hall–Kier alpha value is -2.95. The standard InChI is InChI=1S/C20H22N2O3/c1-24-15-10-11-19(25-2)18(12-15)22-20(23)9-5-6-14-13-21-17-8-4-3-7-16(14)17/h3-4,7-8,10-13,21H,5-6,9H2,1-2H3,(H,22,23). The van der Waals surface area contributed by atoms with Crippen molar-refractivity contribution in [2.24, 2.45) is 0 Å². The predicted octanol–water partition coefficient (Wildman–Crippen LogP) is 4.15. The molecule has 0 radical (unpaired) electrons. The van der Waals surface area contributed by atoms with Gasteiger partial charge in [0.2, 0.25) is 5.91 Å². The van der Waals surface area contributed by atoms with Crippen LogP contribution in [0.4, 0.5) is 5.69 Å². The monoisotopic (exact) mass is 338 g/mol. The molecule has 5 heteroatoms. The highest BCUT2D eigenvalue weighted by Gasteiger charge is 2.10. The Kier molecular flexibility index (Phi) is 5.23. The lowest BCUT2D eigenvalue weighted by atomic mass is 10.1. The van der Waals surface area contributed by atoms with Crippen LogP contribution in [0, 0.1) is 0 Å². The summed E-state index contributed by atoms with van der Waals surface area (Å²) in [6, 6.07) is 13.5. The van der Waals surface area contributed by atoms with Gasteiger partial charge in [-0.2, -0.15) is 0 Å². The van der Waals surface area contributed by atoms with E-state index in [1.165, 1.54) is 10.9 Å². The third-order valence-electron chi connectivity index (χ3n) is 4.21. The molecule has 0 bridgehead atoms. The van der Waals surface area contributed by atoms with E-state index in [4.69, 9.17) is 9.47 Å². The lowest BCUT2D eigenvalue weighted by Gasteiger charge is -2.11. The summed E-state index contributed by atoms with van der Waals surface area (Å²) in [7, 11) is 3.17. The lowest BCUT2D eigenvalue weighted by molar-refractivity contribution is -0.116. The fourth-order valence-corrected chi connectivity index (χ4v) is 2.90. The zero-order valence-electron chi connectivity index (χ0n) is 14.5. The number of methoxy groups -OCH3 is 2. The number of nitrogens with one attached hydrogen (secondary N) is 2. The normalized spacial score (nSPS) is 10.6. The highest BCUT2D eigenvalue weighted by Crippen LogP contribution is 2.29. The van der Waals surface area contributed by atoms with E-state index in [0.29, 0.717) is 23.6 Å². The molecule has 25 heavy (non-hydrogen) atoms. The van der Waals surface area contributed by atoms with E-state index in [-0.39, 0.29) is 5.91 Å². The first kappa shape index (κ1) is 16.9. The molecule has 0 atom stereocenters. The second kappa shape index (κ2) is 7.75. The molecule has 3 aromatic rings. The van der Waals surface area contributed by atoms with Crippen molar-refractivity contribution in [3.8, 4) is 11.5 Å². The van der Waals surface area contributed by atoms with E-state index in [9.17, 15) is 4.79 Å². The number of hydrogen-bond acceptors (Lipinski definition) is 3. The zero-order valence-corrected chi connectivity index (χ0v) is 14.5. The van der Waals surface area contributed by atoms with Crippen molar-refractivity contribution in [2.75, 3.05) is 19.5 Å². The fraction of sp³-hybridized carbons (Fsp3) is 0.250. The minimum absolute atomic E-state index is 0.0357.